The molecule has 2 heterocycles. The molecule has 10 heteroatoms. The molecule has 1 aliphatic carbocycles. The Balaban J connectivity index is 1.32. The number of halogens is 1. The Bertz CT molecular complexity index is 1240. The minimum Gasteiger partial charge on any atom is -0.490 e. The van der Waals surface area contributed by atoms with Crippen molar-refractivity contribution in [1.29, 1.82) is 5.41 Å². The highest BCUT2D eigenvalue weighted by Crippen LogP contribution is 2.50. The number of likely N-dealkylation sites (tertiary alicyclic amines) is 1. The Morgan fingerprint density at radius 2 is 2.06 bits per heavy atom. The summed E-state index contributed by atoms with van der Waals surface area (Å²) in [4.78, 5) is 32.1. The van der Waals surface area contributed by atoms with Crippen LogP contribution in [0.2, 0.25) is 5.02 Å². The number of nitrogens with one attached hydrogen (secondary N) is 1. The number of rotatable bonds is 8. The molecule has 4 rings (SSSR count). The van der Waals surface area contributed by atoms with Crippen LogP contribution < -0.4 is 15.8 Å². The predicted octanol–water partition coefficient (Wildman–Crippen LogP) is 2.49. The molecule has 1 aliphatic heterocycles. The van der Waals surface area contributed by atoms with Gasteiger partial charge in [-0.3, -0.25) is 24.5 Å². The summed E-state index contributed by atoms with van der Waals surface area (Å²) in [5, 5.41) is 8.13. The highest BCUT2D eigenvalue weighted by molar-refractivity contribution is 6.33. The molecule has 1 spiro atoms. The highest BCUT2D eigenvalue weighted by Gasteiger charge is 2.53. The molecule has 2 aliphatic rings. The van der Waals surface area contributed by atoms with E-state index in [0.717, 1.165) is 38.6 Å². The summed E-state index contributed by atoms with van der Waals surface area (Å²) in [6.07, 6.45) is 8.98. The van der Waals surface area contributed by atoms with E-state index in [2.05, 4.69) is 9.89 Å². The van der Waals surface area contributed by atoms with E-state index < -0.39 is 0 Å². The SMILES string of the molecule is CN(C)/C=C\c1c(OC2CC3(C2)CN(CC(=O)N=c2ccn(C=N)c(N)c2)C3)ccc(Cl)c1C=O. The number of aromatic nitrogens is 1. The number of carbonyl (C=O) groups is 2. The molecular weight excluding hydrogens is 468 g/mol. The van der Waals surface area contributed by atoms with Crippen LogP contribution in [0.1, 0.15) is 28.8 Å². The van der Waals surface area contributed by atoms with Crippen LogP contribution in [0.25, 0.3) is 6.08 Å². The molecule has 0 bridgehead atoms. The third-order valence-corrected chi connectivity index (χ3v) is 6.67. The molecule has 2 fully saturated rings. The van der Waals surface area contributed by atoms with Gasteiger partial charge in [-0.2, -0.15) is 0 Å². The van der Waals surface area contributed by atoms with Crippen molar-refractivity contribution in [2.75, 3.05) is 39.5 Å². The normalized spacial score (nSPS) is 17.7. The summed E-state index contributed by atoms with van der Waals surface area (Å²) < 4.78 is 7.68. The van der Waals surface area contributed by atoms with Crippen molar-refractivity contribution < 1.29 is 14.3 Å². The summed E-state index contributed by atoms with van der Waals surface area (Å²) in [6.45, 7) is 1.91. The van der Waals surface area contributed by atoms with Gasteiger partial charge in [0.05, 0.1) is 29.4 Å². The van der Waals surface area contributed by atoms with Crippen LogP contribution >= 0.6 is 11.6 Å². The van der Waals surface area contributed by atoms with Crippen molar-refractivity contribution >= 4 is 42.0 Å². The van der Waals surface area contributed by atoms with Crippen molar-refractivity contribution in [1.82, 2.24) is 14.4 Å². The predicted molar refractivity (Wildman–Crippen MR) is 136 cm³/mol. The van der Waals surface area contributed by atoms with E-state index in [9.17, 15) is 9.59 Å². The van der Waals surface area contributed by atoms with Gasteiger partial charge in [0.2, 0.25) is 0 Å². The zero-order valence-corrected chi connectivity index (χ0v) is 20.5. The maximum atomic E-state index is 12.4. The lowest BCUT2D eigenvalue weighted by atomic mass is 9.61. The maximum absolute atomic E-state index is 12.4. The molecule has 1 aromatic carbocycles. The maximum Gasteiger partial charge on any atom is 0.260 e. The first-order chi connectivity index (χ1) is 16.7. The van der Waals surface area contributed by atoms with Crippen molar-refractivity contribution in [2.24, 2.45) is 10.4 Å². The molecular formula is C25H29ClN6O3. The van der Waals surface area contributed by atoms with Crippen LogP contribution in [0.3, 0.4) is 0 Å². The first kappa shape index (κ1) is 24.7. The van der Waals surface area contributed by atoms with Gasteiger partial charge in [0.15, 0.2) is 6.29 Å². The van der Waals surface area contributed by atoms with Gasteiger partial charge in [0.25, 0.3) is 5.91 Å². The molecule has 184 valence electrons. The number of amides is 1. The third-order valence-electron chi connectivity index (χ3n) is 6.34. The largest absolute Gasteiger partial charge is 0.490 e. The summed E-state index contributed by atoms with van der Waals surface area (Å²) in [6, 6.07) is 6.72. The lowest BCUT2D eigenvalue weighted by Gasteiger charge is -2.58. The number of hydrogen-bond donors (Lipinski definition) is 2. The fraction of sp³-hybridized carbons (Fsp3) is 0.360. The molecule has 1 saturated carbocycles. The van der Waals surface area contributed by atoms with Gasteiger partial charge < -0.3 is 15.4 Å². The van der Waals surface area contributed by atoms with Gasteiger partial charge in [-0.25, -0.2) is 4.99 Å². The number of nitrogens with zero attached hydrogens (tertiary/aromatic N) is 4. The van der Waals surface area contributed by atoms with Crippen LogP contribution in [0.15, 0.2) is 41.7 Å². The monoisotopic (exact) mass is 496 g/mol. The van der Waals surface area contributed by atoms with E-state index in [-0.39, 0.29) is 24.0 Å². The second-order valence-corrected chi connectivity index (χ2v) is 9.82. The van der Waals surface area contributed by atoms with E-state index in [1.807, 2.05) is 37.3 Å². The highest BCUT2D eigenvalue weighted by atomic mass is 35.5. The minimum atomic E-state index is -0.223. The van der Waals surface area contributed by atoms with E-state index in [0.29, 0.717) is 33.1 Å². The molecule has 9 nitrogen and oxygen atoms in total. The number of hydrogen-bond acceptors (Lipinski definition) is 7. The second-order valence-electron chi connectivity index (χ2n) is 9.42. The first-order valence-electron chi connectivity index (χ1n) is 11.3. The quantitative estimate of drug-likeness (QED) is 0.329. The lowest BCUT2D eigenvalue weighted by molar-refractivity contribution is -0.136. The van der Waals surface area contributed by atoms with Gasteiger partial charge in [0.1, 0.15) is 11.6 Å². The van der Waals surface area contributed by atoms with E-state index in [1.54, 1.807) is 24.4 Å². The second kappa shape index (κ2) is 10.1. The molecule has 35 heavy (non-hydrogen) atoms. The van der Waals surface area contributed by atoms with Gasteiger partial charge in [-0.05, 0) is 43.3 Å². The van der Waals surface area contributed by atoms with Crippen LogP contribution in [0, 0.1) is 10.8 Å². The van der Waals surface area contributed by atoms with Crippen molar-refractivity contribution in [3.63, 3.8) is 0 Å². The number of carbonyl (C=O) groups excluding carboxylic acids is 2. The molecule has 2 aromatic rings. The Labute approximate surface area is 209 Å². The average Bonchev–Trinajstić information content (AvgIpc) is 2.75. The number of nitrogens with two attached hydrogens (primary N) is 1. The average molecular weight is 497 g/mol. The summed E-state index contributed by atoms with van der Waals surface area (Å²) >= 11 is 6.22. The molecule has 0 atom stereocenters. The van der Waals surface area contributed by atoms with Gasteiger partial charge >= 0.3 is 0 Å². The van der Waals surface area contributed by atoms with Gasteiger partial charge in [-0.1, -0.05) is 11.6 Å². The minimum absolute atomic E-state index is 0.0533. The molecule has 0 radical (unpaired) electrons. The van der Waals surface area contributed by atoms with Crippen LogP contribution in [-0.4, -0.2) is 72.7 Å². The van der Waals surface area contributed by atoms with Crippen LogP contribution in [0.5, 0.6) is 5.75 Å². The van der Waals surface area contributed by atoms with E-state index in [1.165, 1.54) is 4.57 Å². The number of pyridine rings is 1. The number of benzene rings is 1. The zero-order valence-electron chi connectivity index (χ0n) is 19.8. The first-order valence-corrected chi connectivity index (χ1v) is 11.7. The van der Waals surface area contributed by atoms with Crippen molar-refractivity contribution in [2.45, 2.75) is 18.9 Å². The standard InChI is InChI=1S/C25H29ClN6O3/c1-30(2)7-6-19-20(13-33)21(26)3-4-22(19)35-18-10-25(11-18)14-31(15-25)12-24(34)29-17-5-8-32(16-27)23(28)9-17/h3-9,13,16,18,27H,10-12,14-15,28H2,1-2H3/b7-6-,27-16?,29-17?. The summed E-state index contributed by atoms with van der Waals surface area (Å²) in [5.41, 5.74) is 7.09. The number of ether oxygens (including phenoxy) is 1. The van der Waals surface area contributed by atoms with Crippen molar-refractivity contribution in [3.8, 4) is 5.75 Å². The molecule has 3 N–H and O–H groups in total. The molecule has 1 aromatic heterocycles. The Hall–Kier alpha value is -3.43. The Morgan fingerprint density at radius 1 is 1.31 bits per heavy atom. The zero-order chi connectivity index (χ0) is 25.2. The Morgan fingerprint density at radius 3 is 2.69 bits per heavy atom. The number of aldehydes is 1. The Kier molecular flexibility index (Phi) is 7.09. The van der Waals surface area contributed by atoms with Crippen LogP contribution in [0.4, 0.5) is 5.82 Å². The smallest absolute Gasteiger partial charge is 0.260 e. The van der Waals surface area contributed by atoms with E-state index in [4.69, 9.17) is 27.5 Å². The summed E-state index contributed by atoms with van der Waals surface area (Å²) in [7, 11) is 3.81. The fourth-order valence-corrected chi connectivity index (χ4v) is 4.93. The van der Waals surface area contributed by atoms with Gasteiger partial charge in [0, 0.05) is 56.0 Å². The third kappa shape index (κ3) is 5.47. The molecule has 0 unspecified atom stereocenters. The molecule has 1 amide bonds. The number of anilines is 1. The number of nitrogen functional groups attached to an aromatic ring is 1. The van der Waals surface area contributed by atoms with Crippen molar-refractivity contribution in [3.05, 3.63) is 58.2 Å². The van der Waals surface area contributed by atoms with Gasteiger partial charge in [-0.15, -0.1) is 0 Å². The fourth-order valence-electron chi connectivity index (χ4n) is 4.72. The lowest BCUT2D eigenvalue weighted by Crippen LogP contribution is -2.65. The topological polar surface area (TPSA) is 117 Å². The van der Waals surface area contributed by atoms with E-state index >= 15 is 0 Å². The summed E-state index contributed by atoms with van der Waals surface area (Å²) in [5.74, 6) is 0.767. The molecule has 1 saturated heterocycles. The van der Waals surface area contributed by atoms with Crippen LogP contribution in [-0.2, 0) is 4.79 Å².